The molecule has 0 bridgehead atoms. The zero-order valence-corrected chi connectivity index (χ0v) is 15.0. The monoisotopic (exact) mass is 366 g/mol. The summed E-state index contributed by atoms with van der Waals surface area (Å²) >= 11 is 7.27. The van der Waals surface area contributed by atoms with Gasteiger partial charge < -0.3 is 10.1 Å². The molecule has 0 unspecified atom stereocenters. The number of rotatable bonds is 8. The molecule has 0 spiro atoms. The van der Waals surface area contributed by atoms with Crippen molar-refractivity contribution in [2.75, 3.05) is 13.2 Å². The molecule has 2 rings (SSSR count). The van der Waals surface area contributed by atoms with Crippen molar-refractivity contribution in [1.29, 1.82) is 0 Å². The Labute approximate surface area is 150 Å². The van der Waals surface area contributed by atoms with Crippen LogP contribution in [0.3, 0.4) is 0 Å². The number of nitrogens with one attached hydrogen (secondary N) is 1. The number of carbonyl (C=O) groups excluding carboxylic acids is 2. The minimum Gasteiger partial charge on any atom is -0.451 e. The van der Waals surface area contributed by atoms with Crippen LogP contribution < -0.4 is 5.32 Å². The number of thiazole rings is 1. The fraction of sp³-hybridized carbons (Fsp3) is 0.353. The number of halogens is 1. The lowest BCUT2D eigenvalue weighted by Crippen LogP contribution is -2.29. The van der Waals surface area contributed by atoms with Crippen molar-refractivity contribution in [3.05, 3.63) is 40.4 Å². The number of ether oxygens (including phenoxy) is 1. The summed E-state index contributed by atoms with van der Waals surface area (Å²) in [6, 6.07) is 7.23. The van der Waals surface area contributed by atoms with Crippen LogP contribution in [0.2, 0.25) is 5.02 Å². The van der Waals surface area contributed by atoms with Crippen LogP contribution in [0.15, 0.2) is 29.6 Å². The summed E-state index contributed by atoms with van der Waals surface area (Å²) in [5.41, 5.74) is 1.02. The van der Waals surface area contributed by atoms with Gasteiger partial charge in [0.05, 0.1) is 0 Å². The first kappa shape index (κ1) is 18.4. The number of benzene rings is 1. The normalized spacial score (nSPS) is 10.4. The van der Waals surface area contributed by atoms with Gasteiger partial charge in [-0.3, -0.25) is 4.79 Å². The van der Waals surface area contributed by atoms with E-state index >= 15 is 0 Å². The molecule has 24 heavy (non-hydrogen) atoms. The molecule has 2 aromatic rings. The van der Waals surface area contributed by atoms with Crippen molar-refractivity contribution in [3.8, 4) is 10.6 Å². The molecule has 0 aliphatic carbocycles. The maximum absolute atomic E-state index is 12.0. The third-order valence-electron chi connectivity index (χ3n) is 3.22. The SMILES string of the molecule is CCCCCNC(=O)COC(=O)c1csc(-c2cccc(Cl)c2)n1. The Morgan fingerprint density at radius 3 is 2.92 bits per heavy atom. The van der Waals surface area contributed by atoms with E-state index in [1.165, 1.54) is 11.3 Å². The van der Waals surface area contributed by atoms with E-state index in [0.29, 0.717) is 16.6 Å². The Morgan fingerprint density at radius 2 is 2.17 bits per heavy atom. The fourth-order valence-electron chi connectivity index (χ4n) is 1.98. The molecule has 1 aromatic heterocycles. The second-order valence-corrected chi connectivity index (χ2v) is 6.48. The molecule has 1 amide bonds. The first-order valence-electron chi connectivity index (χ1n) is 7.75. The van der Waals surface area contributed by atoms with Crippen LogP contribution >= 0.6 is 22.9 Å². The lowest BCUT2D eigenvalue weighted by Gasteiger charge is -2.05. The van der Waals surface area contributed by atoms with Gasteiger partial charge in [-0.05, 0) is 18.6 Å². The third-order valence-corrected chi connectivity index (χ3v) is 4.35. The Kier molecular flexibility index (Phi) is 7.21. The maximum Gasteiger partial charge on any atom is 0.358 e. The minimum atomic E-state index is -0.608. The second kappa shape index (κ2) is 9.39. The van der Waals surface area contributed by atoms with Gasteiger partial charge in [-0.15, -0.1) is 11.3 Å². The van der Waals surface area contributed by atoms with E-state index in [-0.39, 0.29) is 18.2 Å². The van der Waals surface area contributed by atoms with E-state index in [1.54, 1.807) is 17.5 Å². The van der Waals surface area contributed by atoms with Gasteiger partial charge in [-0.2, -0.15) is 0 Å². The molecular formula is C17H19ClN2O3S. The van der Waals surface area contributed by atoms with E-state index in [1.807, 2.05) is 12.1 Å². The van der Waals surface area contributed by atoms with Gasteiger partial charge in [-0.1, -0.05) is 43.5 Å². The molecule has 0 aliphatic heterocycles. The van der Waals surface area contributed by atoms with Crippen molar-refractivity contribution in [2.45, 2.75) is 26.2 Å². The topological polar surface area (TPSA) is 68.3 Å². The lowest BCUT2D eigenvalue weighted by atomic mass is 10.2. The second-order valence-electron chi connectivity index (χ2n) is 5.18. The summed E-state index contributed by atoms with van der Waals surface area (Å²) in [5, 5.41) is 5.60. The molecular weight excluding hydrogens is 348 g/mol. The number of amides is 1. The first-order valence-corrected chi connectivity index (χ1v) is 9.01. The molecule has 7 heteroatoms. The molecule has 0 fully saturated rings. The zero-order chi connectivity index (χ0) is 17.4. The van der Waals surface area contributed by atoms with Gasteiger partial charge in [-0.25, -0.2) is 9.78 Å². The molecule has 0 radical (unpaired) electrons. The summed E-state index contributed by atoms with van der Waals surface area (Å²) in [4.78, 5) is 27.8. The summed E-state index contributed by atoms with van der Waals surface area (Å²) in [6.07, 6.45) is 3.07. The van der Waals surface area contributed by atoms with Crippen LogP contribution in [0.5, 0.6) is 0 Å². The molecule has 0 saturated heterocycles. The summed E-state index contributed by atoms with van der Waals surface area (Å²) < 4.78 is 4.99. The number of hydrogen-bond donors (Lipinski definition) is 1. The van der Waals surface area contributed by atoms with Crippen molar-refractivity contribution >= 4 is 34.8 Å². The maximum atomic E-state index is 12.0. The van der Waals surface area contributed by atoms with Gasteiger partial charge in [0, 0.05) is 22.5 Å². The molecule has 1 aromatic carbocycles. The van der Waals surface area contributed by atoms with Crippen molar-refractivity contribution < 1.29 is 14.3 Å². The quantitative estimate of drug-likeness (QED) is 0.567. The highest BCUT2D eigenvalue weighted by molar-refractivity contribution is 7.13. The molecule has 5 nitrogen and oxygen atoms in total. The largest absolute Gasteiger partial charge is 0.451 e. The Balaban J connectivity index is 1.84. The summed E-state index contributed by atoms with van der Waals surface area (Å²) in [6.45, 7) is 2.39. The summed E-state index contributed by atoms with van der Waals surface area (Å²) in [7, 11) is 0. The number of aromatic nitrogens is 1. The van der Waals surface area contributed by atoms with Gasteiger partial charge in [0.2, 0.25) is 0 Å². The highest BCUT2D eigenvalue weighted by Gasteiger charge is 2.15. The number of nitrogens with zero attached hydrogens (tertiary/aromatic N) is 1. The molecule has 0 atom stereocenters. The zero-order valence-electron chi connectivity index (χ0n) is 13.4. The van der Waals surface area contributed by atoms with Gasteiger partial charge >= 0.3 is 5.97 Å². The predicted molar refractivity (Wildman–Crippen MR) is 95.4 cm³/mol. The van der Waals surface area contributed by atoms with E-state index in [9.17, 15) is 9.59 Å². The number of hydrogen-bond acceptors (Lipinski definition) is 5. The van der Waals surface area contributed by atoms with Crippen LogP contribution in [-0.2, 0) is 9.53 Å². The van der Waals surface area contributed by atoms with E-state index in [0.717, 1.165) is 24.8 Å². The Bertz CT molecular complexity index is 703. The molecule has 0 aliphatic rings. The highest BCUT2D eigenvalue weighted by atomic mass is 35.5. The molecule has 1 heterocycles. The van der Waals surface area contributed by atoms with Crippen LogP contribution in [0.1, 0.15) is 36.7 Å². The summed E-state index contributed by atoms with van der Waals surface area (Å²) in [5.74, 6) is -0.909. The van der Waals surface area contributed by atoms with Crippen LogP contribution in [-0.4, -0.2) is 30.0 Å². The fourth-order valence-corrected chi connectivity index (χ4v) is 2.96. The highest BCUT2D eigenvalue weighted by Crippen LogP contribution is 2.26. The molecule has 128 valence electrons. The predicted octanol–water partition coefficient (Wildman–Crippen LogP) is 3.93. The van der Waals surface area contributed by atoms with Crippen LogP contribution in [0.4, 0.5) is 0 Å². The van der Waals surface area contributed by atoms with Crippen LogP contribution in [0, 0.1) is 0 Å². The van der Waals surface area contributed by atoms with Crippen molar-refractivity contribution in [2.24, 2.45) is 0 Å². The van der Waals surface area contributed by atoms with E-state index in [4.69, 9.17) is 16.3 Å². The molecule has 0 saturated carbocycles. The standard InChI is InChI=1S/C17H19ClN2O3S/c1-2-3-4-8-19-15(21)10-23-17(22)14-11-24-16(20-14)12-6-5-7-13(18)9-12/h5-7,9,11H,2-4,8,10H2,1H3,(H,19,21). The van der Waals surface area contributed by atoms with Gasteiger partial charge in [0.25, 0.3) is 5.91 Å². The van der Waals surface area contributed by atoms with Gasteiger partial charge in [0.15, 0.2) is 12.3 Å². The van der Waals surface area contributed by atoms with Crippen molar-refractivity contribution in [1.82, 2.24) is 10.3 Å². The lowest BCUT2D eigenvalue weighted by molar-refractivity contribution is -0.124. The Morgan fingerprint density at radius 1 is 1.33 bits per heavy atom. The number of esters is 1. The average Bonchev–Trinajstić information content (AvgIpc) is 3.07. The first-order chi connectivity index (χ1) is 11.6. The van der Waals surface area contributed by atoms with Crippen LogP contribution in [0.25, 0.3) is 10.6 Å². The van der Waals surface area contributed by atoms with Crippen molar-refractivity contribution in [3.63, 3.8) is 0 Å². The average molecular weight is 367 g/mol. The van der Waals surface area contributed by atoms with E-state index in [2.05, 4.69) is 17.2 Å². The smallest absolute Gasteiger partial charge is 0.358 e. The Hall–Kier alpha value is -1.92. The molecule has 1 N–H and O–H groups in total. The van der Waals surface area contributed by atoms with E-state index < -0.39 is 5.97 Å². The third kappa shape index (κ3) is 5.62. The number of carbonyl (C=O) groups is 2. The minimum absolute atomic E-state index is 0.189. The van der Waals surface area contributed by atoms with Gasteiger partial charge in [0.1, 0.15) is 5.01 Å². The number of unbranched alkanes of at least 4 members (excludes halogenated alkanes) is 2.